The van der Waals surface area contributed by atoms with E-state index in [1.165, 1.54) is 0 Å². The van der Waals surface area contributed by atoms with E-state index in [2.05, 4.69) is 24.3 Å². The van der Waals surface area contributed by atoms with E-state index in [0.717, 1.165) is 19.5 Å². The largest absolute Gasteiger partial charge is 0.388 e. The Morgan fingerprint density at radius 1 is 1.13 bits per heavy atom. The Labute approximate surface area is 94.3 Å². The number of aliphatic hydroxyl groups is 1. The molecular weight excluding hydrogens is 190 g/mol. The molecular formula is C11H27N3O. The van der Waals surface area contributed by atoms with Gasteiger partial charge in [0.15, 0.2) is 0 Å². The fraction of sp³-hybridized carbons (Fsp3) is 1.00. The zero-order valence-corrected chi connectivity index (χ0v) is 10.9. The number of hydrogen-bond donors (Lipinski definition) is 2. The summed E-state index contributed by atoms with van der Waals surface area (Å²) >= 11 is 0. The van der Waals surface area contributed by atoms with Crippen molar-refractivity contribution in [3.8, 4) is 0 Å². The van der Waals surface area contributed by atoms with Gasteiger partial charge in [-0.3, -0.25) is 0 Å². The number of likely N-dealkylation sites (N-methyl/N-ethyl adjacent to an activating group) is 1. The lowest BCUT2D eigenvalue weighted by Gasteiger charge is -2.27. The molecule has 0 aliphatic rings. The highest BCUT2D eigenvalue weighted by molar-refractivity contribution is 4.77. The molecule has 0 aromatic carbocycles. The van der Waals surface area contributed by atoms with Crippen LogP contribution in [0.3, 0.4) is 0 Å². The van der Waals surface area contributed by atoms with E-state index < -0.39 is 5.60 Å². The molecule has 92 valence electrons. The van der Waals surface area contributed by atoms with E-state index in [1.807, 2.05) is 25.9 Å². The summed E-state index contributed by atoms with van der Waals surface area (Å²) in [6, 6.07) is 0. The van der Waals surface area contributed by atoms with Crippen LogP contribution in [0.1, 0.15) is 13.3 Å². The van der Waals surface area contributed by atoms with Crippen LogP contribution in [0.4, 0.5) is 0 Å². The van der Waals surface area contributed by atoms with Crippen LogP contribution in [-0.4, -0.2) is 74.9 Å². The maximum absolute atomic E-state index is 9.98. The fourth-order valence-electron chi connectivity index (χ4n) is 1.62. The second-order valence-electron chi connectivity index (χ2n) is 5.07. The third kappa shape index (κ3) is 10.1. The zero-order valence-electron chi connectivity index (χ0n) is 10.9. The van der Waals surface area contributed by atoms with Crippen LogP contribution in [0, 0.1) is 0 Å². The molecule has 0 radical (unpaired) electrons. The van der Waals surface area contributed by atoms with Crippen LogP contribution < -0.4 is 5.32 Å². The second-order valence-corrected chi connectivity index (χ2v) is 5.07. The van der Waals surface area contributed by atoms with Gasteiger partial charge in [0.2, 0.25) is 0 Å². The fourth-order valence-corrected chi connectivity index (χ4v) is 1.62. The van der Waals surface area contributed by atoms with E-state index >= 15 is 0 Å². The zero-order chi connectivity index (χ0) is 11.9. The van der Waals surface area contributed by atoms with Gasteiger partial charge in [-0.25, -0.2) is 0 Å². The Bertz CT molecular complexity index is 158. The molecule has 0 aromatic heterocycles. The minimum Gasteiger partial charge on any atom is -0.388 e. The number of hydrogen-bond acceptors (Lipinski definition) is 4. The van der Waals surface area contributed by atoms with Gasteiger partial charge in [0, 0.05) is 13.1 Å². The van der Waals surface area contributed by atoms with Crippen LogP contribution in [0.25, 0.3) is 0 Å². The average molecular weight is 217 g/mol. The number of rotatable bonds is 8. The van der Waals surface area contributed by atoms with E-state index in [1.54, 1.807) is 0 Å². The lowest BCUT2D eigenvalue weighted by molar-refractivity contribution is 0.0339. The summed E-state index contributed by atoms with van der Waals surface area (Å²) in [6.45, 7) is 5.25. The third-order valence-electron chi connectivity index (χ3n) is 2.12. The van der Waals surface area contributed by atoms with Gasteiger partial charge in [0.1, 0.15) is 0 Å². The van der Waals surface area contributed by atoms with Gasteiger partial charge in [0.05, 0.1) is 5.60 Å². The first-order chi connectivity index (χ1) is 6.83. The van der Waals surface area contributed by atoms with E-state index in [0.29, 0.717) is 13.1 Å². The maximum Gasteiger partial charge on any atom is 0.0869 e. The summed E-state index contributed by atoms with van der Waals surface area (Å²) in [7, 11) is 8.09. The number of nitrogens with one attached hydrogen (secondary N) is 1. The van der Waals surface area contributed by atoms with E-state index in [4.69, 9.17) is 0 Å². The number of nitrogens with zero attached hydrogens (tertiary/aromatic N) is 2. The Hall–Kier alpha value is -0.160. The summed E-state index contributed by atoms with van der Waals surface area (Å²) in [5, 5.41) is 13.3. The van der Waals surface area contributed by atoms with Crippen molar-refractivity contribution >= 4 is 0 Å². The predicted molar refractivity (Wildman–Crippen MR) is 65.2 cm³/mol. The van der Waals surface area contributed by atoms with E-state index in [9.17, 15) is 5.11 Å². The van der Waals surface area contributed by atoms with Gasteiger partial charge < -0.3 is 20.2 Å². The van der Waals surface area contributed by atoms with Gasteiger partial charge in [-0.1, -0.05) is 0 Å². The highest BCUT2D eigenvalue weighted by Gasteiger charge is 2.20. The SMILES string of the molecule is CN(C)CCCNCC(C)(O)CN(C)C. The lowest BCUT2D eigenvalue weighted by Crippen LogP contribution is -2.45. The van der Waals surface area contributed by atoms with Crippen LogP contribution in [0.15, 0.2) is 0 Å². The van der Waals surface area contributed by atoms with Gasteiger partial charge in [-0.05, 0) is 54.6 Å². The molecule has 0 spiro atoms. The first-order valence-corrected chi connectivity index (χ1v) is 5.56. The molecule has 4 heteroatoms. The molecule has 4 nitrogen and oxygen atoms in total. The van der Waals surface area contributed by atoms with Crippen LogP contribution in [0.2, 0.25) is 0 Å². The van der Waals surface area contributed by atoms with Gasteiger partial charge in [0.25, 0.3) is 0 Å². The molecule has 15 heavy (non-hydrogen) atoms. The quantitative estimate of drug-likeness (QED) is 0.554. The molecule has 0 heterocycles. The molecule has 0 aliphatic heterocycles. The molecule has 0 amide bonds. The Kier molecular flexibility index (Phi) is 7.09. The Morgan fingerprint density at radius 3 is 2.20 bits per heavy atom. The second kappa shape index (κ2) is 7.17. The Morgan fingerprint density at radius 2 is 1.73 bits per heavy atom. The summed E-state index contributed by atoms with van der Waals surface area (Å²) in [4.78, 5) is 4.17. The topological polar surface area (TPSA) is 38.7 Å². The van der Waals surface area contributed by atoms with Crippen LogP contribution in [0.5, 0.6) is 0 Å². The van der Waals surface area contributed by atoms with Crippen molar-refractivity contribution < 1.29 is 5.11 Å². The van der Waals surface area contributed by atoms with Crippen molar-refractivity contribution in [1.29, 1.82) is 0 Å². The normalized spacial score (nSPS) is 16.0. The predicted octanol–water partition coefficient (Wildman–Crippen LogP) is -0.160. The highest BCUT2D eigenvalue weighted by atomic mass is 16.3. The molecule has 0 aliphatic carbocycles. The van der Waals surface area contributed by atoms with Crippen LogP contribution >= 0.6 is 0 Å². The summed E-state index contributed by atoms with van der Waals surface area (Å²) < 4.78 is 0. The van der Waals surface area contributed by atoms with Crippen molar-refractivity contribution in [2.45, 2.75) is 18.9 Å². The van der Waals surface area contributed by atoms with Crippen molar-refractivity contribution in [2.75, 3.05) is 54.4 Å². The molecule has 0 rings (SSSR count). The monoisotopic (exact) mass is 217 g/mol. The van der Waals surface area contributed by atoms with Crippen molar-refractivity contribution in [1.82, 2.24) is 15.1 Å². The third-order valence-corrected chi connectivity index (χ3v) is 2.12. The first kappa shape index (κ1) is 14.8. The smallest absolute Gasteiger partial charge is 0.0869 e. The van der Waals surface area contributed by atoms with Crippen LogP contribution in [-0.2, 0) is 0 Å². The van der Waals surface area contributed by atoms with Gasteiger partial charge >= 0.3 is 0 Å². The Balaban J connectivity index is 3.48. The molecule has 0 saturated heterocycles. The molecule has 1 unspecified atom stereocenters. The van der Waals surface area contributed by atoms with Crippen molar-refractivity contribution in [3.05, 3.63) is 0 Å². The molecule has 1 atom stereocenters. The van der Waals surface area contributed by atoms with Gasteiger partial charge in [-0.15, -0.1) is 0 Å². The minimum atomic E-state index is -0.637. The standard InChI is InChI=1S/C11H27N3O/c1-11(15,10-14(4)5)9-12-7-6-8-13(2)3/h12,15H,6-10H2,1-5H3. The summed E-state index contributed by atoms with van der Waals surface area (Å²) in [5.41, 5.74) is -0.637. The van der Waals surface area contributed by atoms with Crippen molar-refractivity contribution in [2.24, 2.45) is 0 Å². The molecule has 0 fully saturated rings. The van der Waals surface area contributed by atoms with Crippen molar-refractivity contribution in [3.63, 3.8) is 0 Å². The lowest BCUT2D eigenvalue weighted by atomic mass is 10.1. The summed E-state index contributed by atoms with van der Waals surface area (Å²) in [6.07, 6.45) is 1.12. The molecule has 0 bridgehead atoms. The molecule has 2 N–H and O–H groups in total. The summed E-state index contributed by atoms with van der Waals surface area (Å²) in [5.74, 6) is 0. The van der Waals surface area contributed by atoms with Gasteiger partial charge in [-0.2, -0.15) is 0 Å². The minimum absolute atomic E-state index is 0.637. The molecule has 0 saturated carbocycles. The highest BCUT2D eigenvalue weighted by Crippen LogP contribution is 2.02. The van der Waals surface area contributed by atoms with E-state index in [-0.39, 0.29) is 0 Å². The molecule has 0 aromatic rings. The first-order valence-electron chi connectivity index (χ1n) is 5.56. The maximum atomic E-state index is 9.98. The average Bonchev–Trinajstić information content (AvgIpc) is 1.99.